The second-order valence-electron chi connectivity index (χ2n) is 6.94. The van der Waals surface area contributed by atoms with Gasteiger partial charge in [0, 0.05) is 10.9 Å². The number of hydrogen-bond donors (Lipinski definition) is 1. The van der Waals surface area contributed by atoms with E-state index in [4.69, 9.17) is 9.47 Å². The minimum Gasteiger partial charge on any atom is -0.467 e. The van der Waals surface area contributed by atoms with Gasteiger partial charge in [-0.05, 0) is 24.3 Å². The highest BCUT2D eigenvalue weighted by Crippen LogP contribution is 2.24. The number of benzene rings is 1. The van der Waals surface area contributed by atoms with Crippen molar-refractivity contribution in [1.82, 2.24) is 10.3 Å². The zero-order valence-corrected chi connectivity index (χ0v) is 17.9. The van der Waals surface area contributed by atoms with E-state index in [0.29, 0.717) is 11.4 Å². The third-order valence-electron chi connectivity index (χ3n) is 4.18. The average Bonchev–Trinajstić information content (AvgIpc) is 3.21. The lowest BCUT2D eigenvalue weighted by molar-refractivity contribution is -0.145. The Morgan fingerprint density at radius 1 is 1.17 bits per heavy atom. The standard InChI is InChI=1S/C21H26N2O5S/c1-5-14-6-8-15(9-7-14)19-23-17(12-29-19)21(26)28-11-18(24)22-16(10-13(2)3)20(25)27-4/h6-9,12-13,16H,5,10-11H2,1-4H3,(H,22,24)/t16-/m0/s1. The van der Waals surface area contributed by atoms with Crippen molar-refractivity contribution in [3.8, 4) is 10.6 Å². The molecule has 2 rings (SSSR count). The van der Waals surface area contributed by atoms with Gasteiger partial charge >= 0.3 is 11.9 Å². The van der Waals surface area contributed by atoms with Crippen molar-refractivity contribution in [2.24, 2.45) is 5.92 Å². The van der Waals surface area contributed by atoms with Crippen LogP contribution in [0.25, 0.3) is 10.6 Å². The zero-order chi connectivity index (χ0) is 21.4. The Hall–Kier alpha value is -2.74. The molecule has 0 aliphatic heterocycles. The average molecular weight is 419 g/mol. The molecule has 29 heavy (non-hydrogen) atoms. The third-order valence-corrected chi connectivity index (χ3v) is 5.08. The van der Waals surface area contributed by atoms with Gasteiger partial charge in [0.2, 0.25) is 0 Å². The number of carbonyl (C=O) groups excluding carboxylic acids is 3. The molecule has 8 heteroatoms. The first-order valence-electron chi connectivity index (χ1n) is 9.43. The predicted octanol–water partition coefficient (Wildman–Crippen LogP) is 3.23. The van der Waals surface area contributed by atoms with Crippen LogP contribution in [0.3, 0.4) is 0 Å². The molecule has 0 radical (unpaired) electrons. The second-order valence-corrected chi connectivity index (χ2v) is 7.80. The fourth-order valence-corrected chi connectivity index (χ4v) is 3.45. The number of nitrogens with zero attached hydrogens (tertiary/aromatic N) is 1. The van der Waals surface area contributed by atoms with Gasteiger partial charge in [-0.15, -0.1) is 11.3 Å². The van der Waals surface area contributed by atoms with Crippen molar-refractivity contribution < 1.29 is 23.9 Å². The summed E-state index contributed by atoms with van der Waals surface area (Å²) in [4.78, 5) is 40.3. The SMILES string of the molecule is CCc1ccc(-c2nc(C(=O)OCC(=O)N[C@@H](CC(C)C)C(=O)OC)cs2)cc1. The lowest BCUT2D eigenvalue weighted by Crippen LogP contribution is -2.44. The van der Waals surface area contributed by atoms with Crippen LogP contribution in [0.1, 0.15) is 43.2 Å². The molecule has 156 valence electrons. The number of thiazole rings is 1. The third kappa shape index (κ3) is 6.67. The molecule has 0 saturated heterocycles. The number of aryl methyl sites for hydroxylation is 1. The van der Waals surface area contributed by atoms with E-state index in [0.717, 1.165) is 12.0 Å². The fraction of sp³-hybridized carbons (Fsp3) is 0.429. The normalized spacial score (nSPS) is 11.8. The van der Waals surface area contributed by atoms with Crippen LogP contribution in [-0.2, 0) is 25.5 Å². The smallest absolute Gasteiger partial charge is 0.358 e. The minimum absolute atomic E-state index is 0.143. The molecule has 2 aromatic rings. The molecule has 0 saturated carbocycles. The molecule has 1 heterocycles. The zero-order valence-electron chi connectivity index (χ0n) is 17.1. The summed E-state index contributed by atoms with van der Waals surface area (Å²) >= 11 is 1.33. The number of ether oxygens (including phenoxy) is 2. The van der Waals surface area contributed by atoms with E-state index < -0.39 is 30.5 Å². The van der Waals surface area contributed by atoms with Crippen LogP contribution in [0.4, 0.5) is 0 Å². The quantitative estimate of drug-likeness (QED) is 0.628. The Balaban J connectivity index is 1.92. The van der Waals surface area contributed by atoms with E-state index in [1.54, 1.807) is 5.38 Å². The van der Waals surface area contributed by atoms with Gasteiger partial charge in [0.25, 0.3) is 5.91 Å². The Kier molecular flexibility index (Phi) is 8.33. The first-order valence-corrected chi connectivity index (χ1v) is 10.3. The monoisotopic (exact) mass is 418 g/mol. The summed E-state index contributed by atoms with van der Waals surface area (Å²) in [5.41, 5.74) is 2.28. The molecule has 1 amide bonds. The molecule has 0 spiro atoms. The van der Waals surface area contributed by atoms with Crippen molar-refractivity contribution >= 4 is 29.2 Å². The highest BCUT2D eigenvalue weighted by atomic mass is 32.1. The first kappa shape index (κ1) is 22.5. The Bertz CT molecular complexity index is 845. The van der Waals surface area contributed by atoms with E-state index in [2.05, 4.69) is 17.2 Å². The first-order chi connectivity index (χ1) is 13.8. The maximum Gasteiger partial charge on any atom is 0.358 e. The van der Waals surface area contributed by atoms with Gasteiger partial charge < -0.3 is 14.8 Å². The van der Waals surface area contributed by atoms with E-state index in [9.17, 15) is 14.4 Å². The minimum atomic E-state index is -0.775. The van der Waals surface area contributed by atoms with Gasteiger partial charge in [0.05, 0.1) is 7.11 Å². The van der Waals surface area contributed by atoms with E-state index in [-0.39, 0.29) is 11.6 Å². The number of rotatable bonds is 9. The molecule has 0 bridgehead atoms. The topological polar surface area (TPSA) is 94.6 Å². The van der Waals surface area contributed by atoms with Crippen LogP contribution in [-0.4, -0.2) is 42.6 Å². The predicted molar refractivity (Wildman–Crippen MR) is 111 cm³/mol. The molecule has 1 N–H and O–H groups in total. The molecule has 0 fully saturated rings. The number of esters is 2. The maximum absolute atomic E-state index is 12.2. The maximum atomic E-state index is 12.2. The Labute approximate surface area is 174 Å². The number of methoxy groups -OCH3 is 1. The van der Waals surface area contributed by atoms with Crippen molar-refractivity contribution in [2.45, 2.75) is 39.7 Å². The number of amides is 1. The van der Waals surface area contributed by atoms with E-state index in [1.807, 2.05) is 38.1 Å². The van der Waals surface area contributed by atoms with Gasteiger partial charge in [0.15, 0.2) is 12.3 Å². The van der Waals surface area contributed by atoms with Crippen LogP contribution < -0.4 is 5.32 Å². The van der Waals surface area contributed by atoms with E-state index >= 15 is 0 Å². The summed E-state index contributed by atoms with van der Waals surface area (Å²) in [7, 11) is 1.26. The fourth-order valence-electron chi connectivity index (χ4n) is 2.65. The Morgan fingerprint density at radius 2 is 1.86 bits per heavy atom. The summed E-state index contributed by atoms with van der Waals surface area (Å²) in [5, 5.41) is 4.84. The lowest BCUT2D eigenvalue weighted by Gasteiger charge is -2.18. The summed E-state index contributed by atoms with van der Waals surface area (Å²) in [6.45, 7) is 5.44. The highest BCUT2D eigenvalue weighted by Gasteiger charge is 2.23. The number of aromatic nitrogens is 1. The van der Waals surface area contributed by atoms with Crippen molar-refractivity contribution in [3.05, 3.63) is 40.9 Å². The molecule has 0 aliphatic rings. The summed E-state index contributed by atoms with van der Waals surface area (Å²) < 4.78 is 9.73. The lowest BCUT2D eigenvalue weighted by atomic mass is 10.0. The van der Waals surface area contributed by atoms with Crippen LogP contribution in [0.2, 0.25) is 0 Å². The molecule has 1 aromatic carbocycles. The van der Waals surface area contributed by atoms with Gasteiger partial charge in [-0.2, -0.15) is 0 Å². The second kappa shape index (κ2) is 10.7. The molecular weight excluding hydrogens is 392 g/mol. The summed E-state index contributed by atoms with van der Waals surface area (Å²) in [6, 6.07) is 7.19. The number of carbonyl (C=O) groups is 3. The van der Waals surface area contributed by atoms with Crippen LogP contribution in [0.5, 0.6) is 0 Å². The molecule has 1 atom stereocenters. The van der Waals surface area contributed by atoms with Crippen molar-refractivity contribution in [2.75, 3.05) is 13.7 Å². The van der Waals surface area contributed by atoms with Crippen LogP contribution >= 0.6 is 11.3 Å². The van der Waals surface area contributed by atoms with Crippen LogP contribution in [0, 0.1) is 5.92 Å². The molecule has 0 unspecified atom stereocenters. The molecule has 7 nitrogen and oxygen atoms in total. The van der Waals surface area contributed by atoms with Crippen molar-refractivity contribution in [3.63, 3.8) is 0 Å². The Morgan fingerprint density at radius 3 is 2.45 bits per heavy atom. The van der Waals surface area contributed by atoms with Crippen LogP contribution in [0.15, 0.2) is 29.6 Å². The largest absolute Gasteiger partial charge is 0.467 e. The summed E-state index contributed by atoms with van der Waals surface area (Å²) in [6.07, 6.45) is 1.38. The van der Waals surface area contributed by atoms with Gasteiger partial charge in [-0.25, -0.2) is 14.6 Å². The molecule has 0 aliphatic carbocycles. The van der Waals surface area contributed by atoms with Gasteiger partial charge in [0.1, 0.15) is 11.0 Å². The number of nitrogens with one attached hydrogen (secondary N) is 1. The summed E-state index contributed by atoms with van der Waals surface area (Å²) in [5.74, 6) is -1.61. The van der Waals surface area contributed by atoms with Gasteiger partial charge in [-0.1, -0.05) is 45.0 Å². The van der Waals surface area contributed by atoms with E-state index in [1.165, 1.54) is 24.0 Å². The number of hydrogen-bond acceptors (Lipinski definition) is 7. The molecule has 1 aromatic heterocycles. The molecular formula is C21H26N2O5S. The van der Waals surface area contributed by atoms with Crippen molar-refractivity contribution in [1.29, 1.82) is 0 Å². The van der Waals surface area contributed by atoms with Gasteiger partial charge in [-0.3, -0.25) is 4.79 Å². The highest BCUT2D eigenvalue weighted by molar-refractivity contribution is 7.13.